The largest absolute Gasteiger partial charge is 0.489 e. The fraction of sp³-hybridized carbons (Fsp3) is 0.167. The van der Waals surface area contributed by atoms with E-state index in [-0.39, 0.29) is 5.91 Å². The van der Waals surface area contributed by atoms with Crippen molar-refractivity contribution in [2.75, 3.05) is 17.7 Å². The molecule has 3 nitrogen and oxygen atoms in total. The molecule has 1 amide bonds. The average molecular weight is 382 g/mol. The second kappa shape index (κ2) is 9.62. The van der Waals surface area contributed by atoms with Crippen LogP contribution >= 0.6 is 35.0 Å². The molecule has 6 heteroatoms. The number of thioether (sulfide) groups is 1. The minimum absolute atomic E-state index is 0.0778. The van der Waals surface area contributed by atoms with Gasteiger partial charge >= 0.3 is 0 Å². The van der Waals surface area contributed by atoms with Gasteiger partial charge in [-0.25, -0.2) is 0 Å². The summed E-state index contributed by atoms with van der Waals surface area (Å²) in [5.74, 6) is 1.59. The Bertz CT molecular complexity index is 722. The molecule has 0 heterocycles. The van der Waals surface area contributed by atoms with E-state index in [1.165, 1.54) is 11.8 Å². The molecule has 2 aromatic carbocycles. The van der Waals surface area contributed by atoms with Gasteiger partial charge in [0.1, 0.15) is 12.4 Å². The van der Waals surface area contributed by atoms with Gasteiger partial charge < -0.3 is 10.1 Å². The van der Waals surface area contributed by atoms with Gasteiger partial charge in [-0.05, 0) is 29.8 Å². The molecule has 0 aliphatic rings. The van der Waals surface area contributed by atoms with Crippen molar-refractivity contribution in [1.82, 2.24) is 0 Å². The molecule has 126 valence electrons. The number of ether oxygens (including phenoxy) is 1. The van der Waals surface area contributed by atoms with Crippen molar-refractivity contribution in [3.05, 3.63) is 70.7 Å². The van der Waals surface area contributed by atoms with Gasteiger partial charge in [-0.2, -0.15) is 0 Å². The lowest BCUT2D eigenvalue weighted by Crippen LogP contribution is -2.14. The van der Waals surface area contributed by atoms with Gasteiger partial charge in [-0.3, -0.25) is 4.79 Å². The van der Waals surface area contributed by atoms with Crippen LogP contribution in [0.2, 0.25) is 10.0 Å². The molecule has 0 aromatic heterocycles. The lowest BCUT2D eigenvalue weighted by atomic mass is 10.2. The molecular weight excluding hydrogens is 365 g/mol. The molecule has 0 spiro atoms. The minimum Gasteiger partial charge on any atom is -0.489 e. The van der Waals surface area contributed by atoms with Crippen LogP contribution < -0.4 is 10.1 Å². The summed E-state index contributed by atoms with van der Waals surface area (Å²) in [6.07, 6.45) is 1.67. The molecule has 24 heavy (non-hydrogen) atoms. The first-order valence-electron chi connectivity index (χ1n) is 7.24. The summed E-state index contributed by atoms with van der Waals surface area (Å²) in [5, 5.41) is 4.06. The van der Waals surface area contributed by atoms with Crippen LogP contribution in [0.1, 0.15) is 5.56 Å². The Morgan fingerprint density at radius 1 is 1.25 bits per heavy atom. The first-order valence-corrected chi connectivity index (χ1v) is 9.15. The van der Waals surface area contributed by atoms with E-state index >= 15 is 0 Å². The molecule has 0 aliphatic carbocycles. The first kappa shape index (κ1) is 18.7. The number of anilines is 1. The van der Waals surface area contributed by atoms with Crippen LogP contribution in [0.4, 0.5) is 5.69 Å². The van der Waals surface area contributed by atoms with E-state index in [9.17, 15) is 4.79 Å². The lowest BCUT2D eigenvalue weighted by molar-refractivity contribution is -0.113. The van der Waals surface area contributed by atoms with Gasteiger partial charge in [0.25, 0.3) is 0 Å². The lowest BCUT2D eigenvalue weighted by Gasteiger charge is -2.08. The number of hydrogen-bond acceptors (Lipinski definition) is 3. The normalized spacial score (nSPS) is 10.2. The Labute approximate surface area is 156 Å². The van der Waals surface area contributed by atoms with Crippen LogP contribution in [0.5, 0.6) is 5.75 Å². The fourth-order valence-corrected chi connectivity index (χ4v) is 3.29. The van der Waals surface area contributed by atoms with Gasteiger partial charge in [0, 0.05) is 27.6 Å². The van der Waals surface area contributed by atoms with Gasteiger partial charge in [0.2, 0.25) is 5.91 Å². The number of carbonyl (C=O) groups excluding carboxylic acids is 1. The summed E-state index contributed by atoms with van der Waals surface area (Å²) in [5.41, 5.74) is 1.66. The molecular formula is C18H17Cl2NO2S. The molecule has 0 atom stereocenters. The Morgan fingerprint density at radius 2 is 2.08 bits per heavy atom. The zero-order chi connectivity index (χ0) is 17.4. The van der Waals surface area contributed by atoms with Crippen LogP contribution in [-0.2, 0) is 10.5 Å². The van der Waals surface area contributed by atoms with E-state index in [0.717, 1.165) is 5.56 Å². The second-order valence-electron chi connectivity index (χ2n) is 4.90. The molecule has 1 N–H and O–H groups in total. The van der Waals surface area contributed by atoms with Gasteiger partial charge in [0.05, 0.1) is 5.75 Å². The summed E-state index contributed by atoms with van der Waals surface area (Å²) >= 11 is 13.5. The molecule has 0 radical (unpaired) electrons. The third-order valence-corrected chi connectivity index (χ3v) is 4.56. The number of halogens is 2. The highest BCUT2D eigenvalue weighted by atomic mass is 35.5. The Morgan fingerprint density at radius 3 is 2.83 bits per heavy atom. The van der Waals surface area contributed by atoms with Gasteiger partial charge in [-0.1, -0.05) is 48.0 Å². The summed E-state index contributed by atoms with van der Waals surface area (Å²) in [6.45, 7) is 4.03. The first-order chi connectivity index (χ1) is 11.6. The number of nitrogens with one attached hydrogen (secondary N) is 1. The zero-order valence-electron chi connectivity index (χ0n) is 12.9. The van der Waals surface area contributed by atoms with Crippen LogP contribution in [0.15, 0.2) is 55.1 Å². The minimum atomic E-state index is -0.0778. The smallest absolute Gasteiger partial charge is 0.234 e. The molecule has 0 aliphatic heterocycles. The van der Waals surface area contributed by atoms with Crippen LogP contribution in [-0.4, -0.2) is 18.3 Å². The predicted octanol–water partition coefficient (Wildman–Crippen LogP) is 5.43. The average Bonchev–Trinajstić information content (AvgIpc) is 2.55. The molecule has 0 saturated heterocycles. The number of hydrogen-bond donors (Lipinski definition) is 1. The highest BCUT2D eigenvalue weighted by Crippen LogP contribution is 2.25. The fourth-order valence-electron chi connectivity index (χ4n) is 1.91. The van der Waals surface area contributed by atoms with Crippen molar-refractivity contribution in [1.29, 1.82) is 0 Å². The van der Waals surface area contributed by atoms with E-state index in [2.05, 4.69) is 11.9 Å². The maximum atomic E-state index is 12.0. The number of benzene rings is 2. The van der Waals surface area contributed by atoms with Crippen molar-refractivity contribution in [3.63, 3.8) is 0 Å². The highest BCUT2D eigenvalue weighted by molar-refractivity contribution is 7.99. The Balaban J connectivity index is 1.81. The standard InChI is InChI=1S/C18H17Cl2NO2S/c1-2-8-23-16-5-3-4-15(10-16)21-18(22)12-24-11-13-6-7-14(19)9-17(13)20/h2-7,9-10H,1,8,11-12H2,(H,21,22). The zero-order valence-corrected chi connectivity index (χ0v) is 15.3. The maximum Gasteiger partial charge on any atom is 0.234 e. The molecule has 0 unspecified atom stereocenters. The number of rotatable bonds is 8. The van der Waals surface area contributed by atoms with E-state index in [1.807, 2.05) is 24.3 Å². The Kier molecular flexibility index (Phi) is 7.50. The van der Waals surface area contributed by atoms with Crippen molar-refractivity contribution in [3.8, 4) is 5.75 Å². The SMILES string of the molecule is C=CCOc1cccc(NC(=O)CSCc2ccc(Cl)cc2Cl)c1. The summed E-state index contributed by atoms with van der Waals surface area (Å²) < 4.78 is 5.44. The van der Waals surface area contributed by atoms with Gasteiger partial charge in [-0.15, -0.1) is 11.8 Å². The van der Waals surface area contributed by atoms with E-state index in [0.29, 0.717) is 39.6 Å². The third-order valence-electron chi connectivity index (χ3n) is 2.99. The van der Waals surface area contributed by atoms with E-state index < -0.39 is 0 Å². The topological polar surface area (TPSA) is 38.3 Å². The highest BCUT2D eigenvalue weighted by Gasteiger charge is 2.06. The quantitative estimate of drug-likeness (QED) is 0.619. The van der Waals surface area contributed by atoms with Crippen LogP contribution in [0, 0.1) is 0 Å². The Hall–Kier alpha value is -1.62. The maximum absolute atomic E-state index is 12.0. The summed E-state index contributed by atoms with van der Waals surface area (Å²) in [7, 11) is 0. The molecule has 0 saturated carbocycles. The van der Waals surface area contributed by atoms with Gasteiger partial charge in [0.15, 0.2) is 0 Å². The monoisotopic (exact) mass is 381 g/mol. The van der Waals surface area contributed by atoms with E-state index in [4.69, 9.17) is 27.9 Å². The predicted molar refractivity (Wildman–Crippen MR) is 103 cm³/mol. The van der Waals surface area contributed by atoms with Crippen molar-refractivity contribution in [2.24, 2.45) is 0 Å². The summed E-state index contributed by atoms with van der Waals surface area (Å²) in [6, 6.07) is 12.6. The van der Waals surface area contributed by atoms with Crippen LogP contribution in [0.3, 0.4) is 0 Å². The number of amides is 1. The van der Waals surface area contributed by atoms with Crippen molar-refractivity contribution >= 4 is 46.6 Å². The molecule has 2 aromatic rings. The summed E-state index contributed by atoms with van der Waals surface area (Å²) in [4.78, 5) is 12.0. The molecule has 0 fully saturated rings. The van der Waals surface area contributed by atoms with E-state index in [1.54, 1.807) is 24.3 Å². The van der Waals surface area contributed by atoms with Crippen LogP contribution in [0.25, 0.3) is 0 Å². The second-order valence-corrected chi connectivity index (χ2v) is 6.73. The van der Waals surface area contributed by atoms with Crippen molar-refractivity contribution in [2.45, 2.75) is 5.75 Å². The number of carbonyl (C=O) groups is 1. The van der Waals surface area contributed by atoms with Crippen molar-refractivity contribution < 1.29 is 9.53 Å². The molecule has 0 bridgehead atoms. The molecule has 2 rings (SSSR count). The third kappa shape index (κ3) is 6.11.